The van der Waals surface area contributed by atoms with Crippen LogP contribution in [-0.2, 0) is 4.79 Å². The smallest absolute Gasteiger partial charge is 0.307 e. The van der Waals surface area contributed by atoms with Crippen molar-refractivity contribution >= 4 is 17.6 Å². The first-order chi connectivity index (χ1) is 11.2. The van der Waals surface area contributed by atoms with Crippen LogP contribution in [0.5, 0.6) is 0 Å². The maximum absolute atomic E-state index is 11.4. The van der Waals surface area contributed by atoms with Gasteiger partial charge in [-0.3, -0.25) is 9.69 Å². The largest absolute Gasteiger partial charge is 0.481 e. The maximum atomic E-state index is 11.4. The van der Waals surface area contributed by atoms with E-state index in [4.69, 9.17) is 11.6 Å². The van der Waals surface area contributed by atoms with Crippen molar-refractivity contribution in [3.63, 3.8) is 0 Å². The Morgan fingerprint density at radius 1 is 1.13 bits per heavy atom. The Bertz CT molecular complexity index is 674. The fraction of sp³-hybridized carbons (Fsp3) is 0.316. The van der Waals surface area contributed by atoms with Gasteiger partial charge in [0.15, 0.2) is 0 Å². The molecule has 1 fully saturated rings. The minimum absolute atomic E-state index is 0.00736. The van der Waals surface area contributed by atoms with Crippen LogP contribution in [0.4, 0.5) is 0 Å². The van der Waals surface area contributed by atoms with Crippen LogP contribution in [0, 0.1) is 5.92 Å². The molecular weight excluding hydrogens is 310 g/mol. The summed E-state index contributed by atoms with van der Waals surface area (Å²) in [6.45, 7) is 1.44. The average Bonchev–Trinajstić information content (AvgIpc) is 2.58. The van der Waals surface area contributed by atoms with Crippen molar-refractivity contribution in [1.82, 2.24) is 4.90 Å². The fourth-order valence-electron chi connectivity index (χ4n) is 3.36. The Balaban J connectivity index is 1.99. The van der Waals surface area contributed by atoms with Gasteiger partial charge in [-0.15, -0.1) is 0 Å². The van der Waals surface area contributed by atoms with Gasteiger partial charge in [0.25, 0.3) is 0 Å². The molecule has 2 unspecified atom stereocenters. The third-order valence-corrected chi connectivity index (χ3v) is 4.83. The summed E-state index contributed by atoms with van der Waals surface area (Å²) in [7, 11) is 0. The zero-order valence-electron chi connectivity index (χ0n) is 12.9. The van der Waals surface area contributed by atoms with Gasteiger partial charge < -0.3 is 5.11 Å². The normalized spacial score (nSPS) is 20.1. The lowest BCUT2D eigenvalue weighted by Gasteiger charge is -2.38. The van der Waals surface area contributed by atoms with E-state index in [2.05, 4.69) is 17.0 Å². The first-order valence-corrected chi connectivity index (χ1v) is 8.31. The predicted molar refractivity (Wildman–Crippen MR) is 91.7 cm³/mol. The fourth-order valence-corrected chi connectivity index (χ4v) is 3.60. The highest BCUT2D eigenvalue weighted by Crippen LogP contribution is 2.35. The molecule has 0 amide bonds. The van der Waals surface area contributed by atoms with Crippen molar-refractivity contribution < 1.29 is 9.90 Å². The quantitative estimate of drug-likeness (QED) is 0.912. The number of carboxylic acid groups (broad SMARTS) is 1. The van der Waals surface area contributed by atoms with E-state index in [-0.39, 0.29) is 12.0 Å². The topological polar surface area (TPSA) is 40.5 Å². The molecule has 120 valence electrons. The maximum Gasteiger partial charge on any atom is 0.307 e. The summed E-state index contributed by atoms with van der Waals surface area (Å²) >= 11 is 6.44. The van der Waals surface area contributed by atoms with Gasteiger partial charge in [-0.25, -0.2) is 0 Å². The number of aliphatic carboxylic acids is 1. The summed E-state index contributed by atoms with van der Waals surface area (Å²) in [4.78, 5) is 13.7. The number of likely N-dealkylation sites (tertiary alicyclic amines) is 1. The molecule has 0 bridgehead atoms. The Hall–Kier alpha value is -1.84. The summed E-state index contributed by atoms with van der Waals surface area (Å²) in [5, 5.41) is 10.1. The second kappa shape index (κ2) is 7.16. The molecule has 23 heavy (non-hydrogen) atoms. The van der Waals surface area contributed by atoms with E-state index < -0.39 is 5.97 Å². The molecule has 0 aliphatic carbocycles. The lowest BCUT2D eigenvalue weighted by atomic mass is 9.91. The van der Waals surface area contributed by atoms with Crippen LogP contribution in [0.3, 0.4) is 0 Å². The molecule has 2 aromatic carbocycles. The molecule has 1 saturated heterocycles. The minimum atomic E-state index is -0.708. The standard InChI is InChI=1S/C19H20ClNO2/c20-17-11-5-4-10-16(17)18(14-7-2-1-3-8-14)21-12-6-9-15(13-21)19(22)23/h1-5,7-8,10-11,15,18H,6,9,12-13H2,(H,22,23). The Morgan fingerprint density at radius 2 is 1.83 bits per heavy atom. The number of hydrogen-bond acceptors (Lipinski definition) is 2. The molecular formula is C19H20ClNO2. The zero-order valence-corrected chi connectivity index (χ0v) is 13.6. The van der Waals surface area contributed by atoms with E-state index in [1.54, 1.807) is 0 Å². The summed E-state index contributed by atoms with van der Waals surface area (Å²) < 4.78 is 0. The molecule has 2 atom stereocenters. The van der Waals surface area contributed by atoms with Gasteiger partial charge in [0.05, 0.1) is 12.0 Å². The Labute approximate surface area is 141 Å². The molecule has 3 rings (SSSR count). The van der Waals surface area contributed by atoms with Crippen molar-refractivity contribution in [3.05, 3.63) is 70.7 Å². The van der Waals surface area contributed by atoms with Crippen molar-refractivity contribution in [2.45, 2.75) is 18.9 Å². The van der Waals surface area contributed by atoms with Gasteiger partial charge >= 0.3 is 5.97 Å². The molecule has 1 aliphatic heterocycles. The number of carbonyl (C=O) groups is 1. The third kappa shape index (κ3) is 3.57. The molecule has 2 aromatic rings. The average molecular weight is 330 g/mol. The summed E-state index contributed by atoms with van der Waals surface area (Å²) in [6.07, 6.45) is 1.64. The van der Waals surface area contributed by atoms with Crippen LogP contribution >= 0.6 is 11.6 Å². The summed E-state index contributed by atoms with van der Waals surface area (Å²) in [6, 6.07) is 18.0. The van der Waals surface area contributed by atoms with E-state index >= 15 is 0 Å². The van der Waals surface area contributed by atoms with E-state index in [0.717, 1.165) is 35.5 Å². The van der Waals surface area contributed by atoms with Crippen molar-refractivity contribution in [3.8, 4) is 0 Å². The van der Waals surface area contributed by atoms with Gasteiger partial charge in [-0.05, 0) is 36.6 Å². The summed E-state index contributed by atoms with van der Waals surface area (Å²) in [5.41, 5.74) is 2.18. The molecule has 1 heterocycles. The molecule has 0 radical (unpaired) electrons. The second-order valence-corrected chi connectivity index (χ2v) is 6.41. The SMILES string of the molecule is O=C(O)C1CCCN(C(c2ccccc2)c2ccccc2Cl)C1. The van der Waals surface area contributed by atoms with Crippen LogP contribution in [0.25, 0.3) is 0 Å². The predicted octanol–water partition coefficient (Wildman–Crippen LogP) is 4.23. The Morgan fingerprint density at radius 3 is 2.52 bits per heavy atom. The molecule has 4 heteroatoms. The van der Waals surface area contributed by atoms with Crippen LogP contribution in [0.2, 0.25) is 5.02 Å². The molecule has 3 nitrogen and oxygen atoms in total. The lowest BCUT2D eigenvalue weighted by Crippen LogP contribution is -2.41. The van der Waals surface area contributed by atoms with Gasteiger partial charge in [-0.2, -0.15) is 0 Å². The molecule has 1 N–H and O–H groups in total. The number of carboxylic acids is 1. The number of nitrogens with zero attached hydrogens (tertiary/aromatic N) is 1. The number of benzene rings is 2. The van der Waals surface area contributed by atoms with E-state index in [9.17, 15) is 9.90 Å². The monoisotopic (exact) mass is 329 g/mol. The van der Waals surface area contributed by atoms with E-state index in [1.165, 1.54) is 0 Å². The summed E-state index contributed by atoms with van der Waals surface area (Å²) in [5.74, 6) is -1.02. The first kappa shape index (κ1) is 16.0. The van der Waals surface area contributed by atoms with Crippen LogP contribution in [0.1, 0.15) is 30.0 Å². The van der Waals surface area contributed by atoms with Gasteiger partial charge in [-0.1, -0.05) is 60.1 Å². The van der Waals surface area contributed by atoms with Gasteiger partial charge in [0, 0.05) is 11.6 Å². The van der Waals surface area contributed by atoms with Crippen LogP contribution in [0.15, 0.2) is 54.6 Å². The highest BCUT2D eigenvalue weighted by Gasteiger charge is 2.31. The number of rotatable bonds is 4. The number of hydrogen-bond donors (Lipinski definition) is 1. The van der Waals surface area contributed by atoms with E-state index in [1.807, 2.05) is 42.5 Å². The number of halogens is 1. The minimum Gasteiger partial charge on any atom is -0.481 e. The zero-order chi connectivity index (χ0) is 16.2. The van der Waals surface area contributed by atoms with E-state index in [0.29, 0.717) is 6.54 Å². The molecule has 1 aliphatic rings. The van der Waals surface area contributed by atoms with Crippen molar-refractivity contribution in [2.24, 2.45) is 5.92 Å². The molecule has 0 spiro atoms. The van der Waals surface area contributed by atoms with Crippen molar-refractivity contribution in [1.29, 1.82) is 0 Å². The second-order valence-electron chi connectivity index (χ2n) is 6.01. The van der Waals surface area contributed by atoms with Crippen LogP contribution < -0.4 is 0 Å². The van der Waals surface area contributed by atoms with Crippen LogP contribution in [-0.4, -0.2) is 29.1 Å². The van der Waals surface area contributed by atoms with Gasteiger partial charge in [0.1, 0.15) is 0 Å². The number of piperidine rings is 1. The highest BCUT2D eigenvalue weighted by molar-refractivity contribution is 6.31. The highest BCUT2D eigenvalue weighted by atomic mass is 35.5. The lowest BCUT2D eigenvalue weighted by molar-refractivity contribution is -0.143. The van der Waals surface area contributed by atoms with Gasteiger partial charge in [0.2, 0.25) is 0 Å². The first-order valence-electron chi connectivity index (χ1n) is 7.93. The third-order valence-electron chi connectivity index (χ3n) is 4.48. The molecule has 0 aromatic heterocycles. The Kier molecular flexibility index (Phi) is 4.99. The van der Waals surface area contributed by atoms with Crippen molar-refractivity contribution in [2.75, 3.05) is 13.1 Å². The molecule has 0 saturated carbocycles.